The van der Waals surface area contributed by atoms with E-state index in [1.54, 1.807) is 31.5 Å². The van der Waals surface area contributed by atoms with Crippen molar-refractivity contribution in [2.24, 2.45) is 0 Å². The molecule has 2 aromatic rings. The number of carbonyl (C=O) groups is 1. The first-order chi connectivity index (χ1) is 9.60. The van der Waals surface area contributed by atoms with Crippen molar-refractivity contribution < 1.29 is 14.6 Å². The predicted octanol–water partition coefficient (Wildman–Crippen LogP) is 2.10. The fraction of sp³-hybridized carbons (Fsp3) is 0.214. The van der Waals surface area contributed by atoms with E-state index in [0.717, 1.165) is 11.3 Å². The van der Waals surface area contributed by atoms with Gasteiger partial charge in [0, 0.05) is 24.5 Å². The van der Waals surface area contributed by atoms with Crippen LogP contribution in [0.1, 0.15) is 21.6 Å². The highest BCUT2D eigenvalue weighted by molar-refractivity contribution is 5.93. The third-order valence-corrected chi connectivity index (χ3v) is 2.73. The molecule has 2 aromatic heterocycles. The van der Waals surface area contributed by atoms with Crippen molar-refractivity contribution >= 4 is 11.8 Å². The molecule has 0 aliphatic rings. The van der Waals surface area contributed by atoms with Crippen molar-refractivity contribution in [1.29, 1.82) is 0 Å². The largest absolute Gasteiger partial charge is 0.481 e. The SMILES string of the molecule is COc1ccc(CNc2nc(C)ccc2C(=O)O)cn1. The van der Waals surface area contributed by atoms with Gasteiger partial charge in [-0.2, -0.15) is 0 Å². The summed E-state index contributed by atoms with van der Waals surface area (Å²) in [5.74, 6) is -0.116. The molecule has 0 amide bonds. The first kappa shape index (κ1) is 13.8. The van der Waals surface area contributed by atoms with Crippen LogP contribution in [-0.4, -0.2) is 28.2 Å². The van der Waals surface area contributed by atoms with E-state index in [4.69, 9.17) is 9.84 Å². The van der Waals surface area contributed by atoms with Crippen molar-refractivity contribution in [3.63, 3.8) is 0 Å². The Bertz CT molecular complexity index is 612. The molecule has 2 heterocycles. The number of pyridine rings is 2. The Balaban J connectivity index is 2.13. The number of carboxylic acid groups (broad SMARTS) is 1. The summed E-state index contributed by atoms with van der Waals surface area (Å²) in [6.45, 7) is 2.25. The lowest BCUT2D eigenvalue weighted by Crippen LogP contribution is -2.09. The van der Waals surface area contributed by atoms with Gasteiger partial charge < -0.3 is 15.2 Å². The van der Waals surface area contributed by atoms with Gasteiger partial charge in [0.2, 0.25) is 5.88 Å². The lowest BCUT2D eigenvalue weighted by Gasteiger charge is -2.09. The molecule has 104 valence electrons. The average molecular weight is 273 g/mol. The second-order valence-electron chi connectivity index (χ2n) is 4.22. The second kappa shape index (κ2) is 6.01. The number of aromatic carboxylic acids is 1. The van der Waals surface area contributed by atoms with Crippen LogP contribution in [0.5, 0.6) is 5.88 Å². The maximum Gasteiger partial charge on any atom is 0.339 e. The molecule has 0 aromatic carbocycles. The monoisotopic (exact) mass is 273 g/mol. The maximum atomic E-state index is 11.1. The number of hydrogen-bond acceptors (Lipinski definition) is 5. The number of anilines is 1. The summed E-state index contributed by atoms with van der Waals surface area (Å²) in [7, 11) is 1.55. The first-order valence-corrected chi connectivity index (χ1v) is 6.04. The van der Waals surface area contributed by atoms with Crippen molar-refractivity contribution in [1.82, 2.24) is 9.97 Å². The Kier molecular flexibility index (Phi) is 4.14. The Morgan fingerprint density at radius 3 is 2.75 bits per heavy atom. The zero-order valence-corrected chi connectivity index (χ0v) is 11.3. The molecule has 0 bridgehead atoms. The summed E-state index contributed by atoms with van der Waals surface area (Å²) in [6, 6.07) is 6.82. The zero-order chi connectivity index (χ0) is 14.5. The van der Waals surface area contributed by atoms with Gasteiger partial charge in [0.25, 0.3) is 0 Å². The van der Waals surface area contributed by atoms with Gasteiger partial charge in [-0.1, -0.05) is 6.07 Å². The van der Waals surface area contributed by atoms with Crippen LogP contribution in [0.2, 0.25) is 0 Å². The van der Waals surface area contributed by atoms with Crippen molar-refractivity contribution in [3.8, 4) is 5.88 Å². The summed E-state index contributed by atoms with van der Waals surface area (Å²) in [5.41, 5.74) is 1.81. The Labute approximate surface area is 116 Å². The number of aryl methyl sites for hydroxylation is 1. The summed E-state index contributed by atoms with van der Waals surface area (Å²) in [6.07, 6.45) is 1.67. The molecular formula is C14H15N3O3. The summed E-state index contributed by atoms with van der Waals surface area (Å²) in [5, 5.41) is 12.1. The van der Waals surface area contributed by atoms with E-state index in [1.165, 1.54) is 0 Å². The molecule has 0 atom stereocenters. The van der Waals surface area contributed by atoms with Crippen LogP contribution in [0.15, 0.2) is 30.5 Å². The quantitative estimate of drug-likeness (QED) is 0.868. The molecule has 0 unspecified atom stereocenters. The third kappa shape index (κ3) is 3.23. The van der Waals surface area contributed by atoms with E-state index in [9.17, 15) is 4.79 Å². The highest BCUT2D eigenvalue weighted by Crippen LogP contribution is 2.15. The van der Waals surface area contributed by atoms with Gasteiger partial charge in [-0.3, -0.25) is 0 Å². The minimum absolute atomic E-state index is 0.150. The summed E-state index contributed by atoms with van der Waals surface area (Å²) < 4.78 is 4.98. The Morgan fingerprint density at radius 2 is 2.15 bits per heavy atom. The van der Waals surface area contributed by atoms with E-state index in [0.29, 0.717) is 18.2 Å². The molecule has 6 heteroatoms. The van der Waals surface area contributed by atoms with Crippen molar-refractivity contribution in [3.05, 3.63) is 47.3 Å². The van der Waals surface area contributed by atoms with Crippen LogP contribution in [0, 0.1) is 6.92 Å². The van der Waals surface area contributed by atoms with Gasteiger partial charge in [0.1, 0.15) is 11.4 Å². The minimum atomic E-state index is -1.01. The van der Waals surface area contributed by atoms with Crippen LogP contribution in [0.3, 0.4) is 0 Å². The highest BCUT2D eigenvalue weighted by atomic mass is 16.5. The summed E-state index contributed by atoms with van der Waals surface area (Å²) in [4.78, 5) is 19.4. The molecule has 6 nitrogen and oxygen atoms in total. The molecule has 0 fully saturated rings. The molecule has 0 spiro atoms. The number of hydrogen-bond donors (Lipinski definition) is 2. The van der Waals surface area contributed by atoms with E-state index in [2.05, 4.69) is 15.3 Å². The van der Waals surface area contributed by atoms with E-state index >= 15 is 0 Å². The highest BCUT2D eigenvalue weighted by Gasteiger charge is 2.11. The van der Waals surface area contributed by atoms with Gasteiger partial charge in [-0.15, -0.1) is 0 Å². The Morgan fingerprint density at radius 1 is 1.35 bits per heavy atom. The Hall–Kier alpha value is -2.63. The fourth-order valence-electron chi connectivity index (χ4n) is 1.69. The summed E-state index contributed by atoms with van der Waals surface area (Å²) >= 11 is 0. The van der Waals surface area contributed by atoms with E-state index in [1.807, 2.05) is 13.0 Å². The van der Waals surface area contributed by atoms with Gasteiger partial charge >= 0.3 is 5.97 Å². The maximum absolute atomic E-state index is 11.1. The zero-order valence-electron chi connectivity index (χ0n) is 11.3. The standard InChI is InChI=1S/C14H15N3O3/c1-9-3-5-11(14(18)19)13(17-9)16-8-10-4-6-12(20-2)15-7-10/h3-7H,8H2,1-2H3,(H,16,17)(H,18,19). The molecule has 0 saturated carbocycles. The first-order valence-electron chi connectivity index (χ1n) is 6.04. The molecule has 20 heavy (non-hydrogen) atoms. The number of methoxy groups -OCH3 is 1. The topological polar surface area (TPSA) is 84.3 Å². The smallest absolute Gasteiger partial charge is 0.339 e. The van der Waals surface area contributed by atoms with Gasteiger partial charge in [0.15, 0.2) is 0 Å². The van der Waals surface area contributed by atoms with E-state index in [-0.39, 0.29) is 5.56 Å². The molecule has 0 saturated heterocycles. The molecule has 0 aliphatic carbocycles. The molecular weight excluding hydrogens is 258 g/mol. The van der Waals surface area contributed by atoms with Gasteiger partial charge in [0.05, 0.1) is 7.11 Å². The molecule has 0 radical (unpaired) electrons. The number of rotatable bonds is 5. The molecule has 2 N–H and O–H groups in total. The van der Waals surface area contributed by atoms with Gasteiger partial charge in [-0.05, 0) is 24.6 Å². The third-order valence-electron chi connectivity index (χ3n) is 2.73. The molecule has 2 rings (SSSR count). The number of nitrogens with one attached hydrogen (secondary N) is 1. The normalized spacial score (nSPS) is 10.1. The number of nitrogens with zero attached hydrogens (tertiary/aromatic N) is 2. The van der Waals surface area contributed by atoms with Gasteiger partial charge in [-0.25, -0.2) is 14.8 Å². The van der Waals surface area contributed by atoms with Crippen LogP contribution in [0.25, 0.3) is 0 Å². The number of ether oxygens (including phenoxy) is 1. The average Bonchev–Trinajstić information content (AvgIpc) is 2.45. The molecule has 0 aliphatic heterocycles. The number of carboxylic acids is 1. The predicted molar refractivity (Wildman–Crippen MR) is 74.0 cm³/mol. The fourth-order valence-corrected chi connectivity index (χ4v) is 1.69. The minimum Gasteiger partial charge on any atom is -0.481 e. The van der Waals surface area contributed by atoms with E-state index < -0.39 is 5.97 Å². The van der Waals surface area contributed by atoms with Crippen LogP contribution < -0.4 is 10.1 Å². The lowest BCUT2D eigenvalue weighted by atomic mass is 10.2. The van der Waals surface area contributed by atoms with Crippen LogP contribution >= 0.6 is 0 Å². The van der Waals surface area contributed by atoms with Crippen molar-refractivity contribution in [2.45, 2.75) is 13.5 Å². The number of aromatic nitrogens is 2. The van der Waals surface area contributed by atoms with Crippen LogP contribution in [0.4, 0.5) is 5.82 Å². The van der Waals surface area contributed by atoms with Crippen LogP contribution in [-0.2, 0) is 6.54 Å². The second-order valence-corrected chi connectivity index (χ2v) is 4.22. The van der Waals surface area contributed by atoms with Crippen molar-refractivity contribution in [2.75, 3.05) is 12.4 Å². The lowest BCUT2D eigenvalue weighted by molar-refractivity contribution is 0.0697.